The highest BCUT2D eigenvalue weighted by Crippen LogP contribution is 2.30. The van der Waals surface area contributed by atoms with Crippen molar-refractivity contribution in [2.75, 3.05) is 32.8 Å². The molecule has 3 heterocycles. The van der Waals surface area contributed by atoms with E-state index in [9.17, 15) is 4.79 Å². The first-order valence-corrected chi connectivity index (χ1v) is 12.8. The Hall–Kier alpha value is -1.19. The third kappa shape index (κ3) is 4.99. The third-order valence-corrected chi connectivity index (χ3v) is 8.11. The zero-order chi connectivity index (χ0) is 21.1. The molecule has 160 valence electrons. The minimum Gasteiger partial charge on any atom is -0.379 e. The number of aryl methyl sites for hydroxylation is 2. The van der Waals surface area contributed by atoms with Crippen molar-refractivity contribution in [1.29, 1.82) is 0 Å². The van der Waals surface area contributed by atoms with E-state index in [1.807, 2.05) is 23.6 Å². The molecule has 30 heavy (non-hydrogen) atoms. The number of thiophene rings is 1. The van der Waals surface area contributed by atoms with Gasteiger partial charge in [0, 0.05) is 41.3 Å². The lowest BCUT2D eigenvalue weighted by Gasteiger charge is -2.26. The number of halogens is 1. The molecule has 4 rings (SSSR count). The van der Waals surface area contributed by atoms with E-state index in [1.165, 1.54) is 10.4 Å². The summed E-state index contributed by atoms with van der Waals surface area (Å²) < 4.78 is 8.40. The van der Waals surface area contributed by atoms with Gasteiger partial charge in [-0.2, -0.15) is 0 Å². The number of ether oxygens (including phenoxy) is 1. The Bertz CT molecular complexity index is 1090. The van der Waals surface area contributed by atoms with Gasteiger partial charge in [-0.05, 0) is 43.5 Å². The molecule has 0 aliphatic carbocycles. The summed E-state index contributed by atoms with van der Waals surface area (Å²) in [7, 11) is 0. The molecule has 1 aromatic carbocycles. The Labute approximate surface area is 193 Å². The predicted molar refractivity (Wildman–Crippen MR) is 129 cm³/mol. The number of hydrogen-bond acceptors (Lipinski definition) is 6. The highest BCUT2D eigenvalue weighted by Gasteiger charge is 2.17. The van der Waals surface area contributed by atoms with Crippen LogP contribution in [-0.4, -0.2) is 47.3 Å². The summed E-state index contributed by atoms with van der Waals surface area (Å²) >= 11 is 6.80. The van der Waals surface area contributed by atoms with E-state index in [2.05, 4.69) is 39.9 Å². The first-order chi connectivity index (χ1) is 14.5. The quantitative estimate of drug-likeness (QED) is 0.337. The molecule has 1 aliphatic heterocycles. The van der Waals surface area contributed by atoms with Gasteiger partial charge in [0.05, 0.1) is 18.6 Å². The van der Waals surface area contributed by atoms with Gasteiger partial charge in [-0.1, -0.05) is 39.8 Å². The van der Waals surface area contributed by atoms with E-state index in [0.29, 0.717) is 6.54 Å². The minimum atomic E-state index is 0.0977. The fourth-order valence-electron chi connectivity index (χ4n) is 3.67. The van der Waals surface area contributed by atoms with Crippen molar-refractivity contribution in [3.05, 3.63) is 55.1 Å². The predicted octanol–water partition coefficient (Wildman–Crippen LogP) is 4.85. The summed E-state index contributed by atoms with van der Waals surface area (Å²) in [6.45, 7) is 9.31. The van der Waals surface area contributed by atoms with Crippen LogP contribution in [0.25, 0.3) is 10.2 Å². The molecule has 1 aliphatic rings. The number of benzene rings is 1. The topological polar surface area (TPSA) is 47.4 Å². The van der Waals surface area contributed by atoms with Crippen molar-refractivity contribution in [3.63, 3.8) is 0 Å². The number of thioether (sulfide) groups is 1. The van der Waals surface area contributed by atoms with Gasteiger partial charge in [-0.25, -0.2) is 4.98 Å². The van der Waals surface area contributed by atoms with E-state index in [1.54, 1.807) is 23.1 Å². The van der Waals surface area contributed by atoms with Crippen molar-refractivity contribution in [3.8, 4) is 0 Å². The zero-order valence-corrected chi connectivity index (χ0v) is 20.5. The maximum atomic E-state index is 13.4. The molecular weight excluding hydrogens is 482 g/mol. The lowest BCUT2D eigenvalue weighted by molar-refractivity contribution is 0.0368. The van der Waals surface area contributed by atoms with Crippen LogP contribution in [0.5, 0.6) is 0 Å². The molecule has 0 spiro atoms. The Kier molecular flexibility index (Phi) is 7.31. The van der Waals surface area contributed by atoms with Gasteiger partial charge in [-0.3, -0.25) is 14.3 Å². The van der Waals surface area contributed by atoms with Crippen molar-refractivity contribution >= 4 is 49.2 Å². The number of rotatable bonds is 7. The normalized spacial score (nSPS) is 15.2. The molecule has 8 heteroatoms. The van der Waals surface area contributed by atoms with Crippen LogP contribution >= 0.6 is 39.0 Å². The number of morpholine rings is 1. The smallest absolute Gasteiger partial charge is 0.263 e. The summed E-state index contributed by atoms with van der Waals surface area (Å²) in [6.07, 6.45) is 0.930. The number of nitrogens with zero attached hydrogens (tertiary/aromatic N) is 3. The molecule has 3 aromatic rings. The van der Waals surface area contributed by atoms with Gasteiger partial charge < -0.3 is 4.74 Å². The van der Waals surface area contributed by atoms with Gasteiger partial charge >= 0.3 is 0 Å². The van der Waals surface area contributed by atoms with Gasteiger partial charge in [0.25, 0.3) is 5.56 Å². The lowest BCUT2D eigenvalue weighted by atomic mass is 10.2. The molecule has 0 radical (unpaired) electrons. The second-order valence-electron chi connectivity index (χ2n) is 7.54. The monoisotopic (exact) mass is 507 g/mol. The number of fused-ring (bicyclic) bond motifs is 1. The Morgan fingerprint density at radius 1 is 1.23 bits per heavy atom. The molecule has 0 amide bonds. The molecule has 1 saturated heterocycles. The Balaban J connectivity index is 1.59. The maximum Gasteiger partial charge on any atom is 0.263 e. The van der Waals surface area contributed by atoms with Crippen LogP contribution in [0, 0.1) is 13.8 Å². The third-order valence-electron chi connectivity index (χ3n) is 5.47. The summed E-state index contributed by atoms with van der Waals surface area (Å²) in [4.78, 5) is 22.8. The maximum absolute atomic E-state index is 13.4. The average Bonchev–Trinajstić information content (AvgIpc) is 3.03. The lowest BCUT2D eigenvalue weighted by Crippen LogP contribution is -2.37. The summed E-state index contributed by atoms with van der Waals surface area (Å²) in [5.74, 6) is 0.782. The summed E-state index contributed by atoms with van der Waals surface area (Å²) in [6, 6.07) is 8.29. The van der Waals surface area contributed by atoms with Crippen LogP contribution in [0.3, 0.4) is 0 Å². The molecule has 5 nitrogen and oxygen atoms in total. The van der Waals surface area contributed by atoms with E-state index in [0.717, 1.165) is 70.4 Å². The molecule has 0 saturated carbocycles. The van der Waals surface area contributed by atoms with Crippen LogP contribution in [-0.2, 0) is 17.0 Å². The zero-order valence-electron chi connectivity index (χ0n) is 17.3. The van der Waals surface area contributed by atoms with Crippen LogP contribution in [0.4, 0.5) is 0 Å². The minimum absolute atomic E-state index is 0.0977. The number of hydrogen-bond donors (Lipinski definition) is 0. The highest BCUT2D eigenvalue weighted by molar-refractivity contribution is 9.10. The molecule has 0 N–H and O–H groups in total. The second-order valence-corrected chi connectivity index (χ2v) is 10.6. The van der Waals surface area contributed by atoms with Crippen molar-refractivity contribution < 1.29 is 4.74 Å². The molecule has 0 unspecified atom stereocenters. The van der Waals surface area contributed by atoms with Crippen molar-refractivity contribution in [1.82, 2.24) is 14.5 Å². The van der Waals surface area contributed by atoms with Crippen LogP contribution in [0.2, 0.25) is 0 Å². The van der Waals surface area contributed by atoms with Crippen LogP contribution in [0.15, 0.2) is 38.7 Å². The van der Waals surface area contributed by atoms with E-state index >= 15 is 0 Å². The first kappa shape index (κ1) is 22.0. The Morgan fingerprint density at radius 2 is 2.03 bits per heavy atom. The SMILES string of the molecule is Cc1sc2nc(SCc3cccc(Br)c3)n(CCCN3CCOCC3)c(=O)c2c1C. The van der Waals surface area contributed by atoms with E-state index in [4.69, 9.17) is 9.72 Å². The van der Waals surface area contributed by atoms with Gasteiger partial charge in [0.1, 0.15) is 4.83 Å². The molecular formula is C22H26BrN3O2S2. The van der Waals surface area contributed by atoms with Crippen molar-refractivity contribution in [2.24, 2.45) is 0 Å². The summed E-state index contributed by atoms with van der Waals surface area (Å²) in [5.41, 5.74) is 2.38. The summed E-state index contributed by atoms with van der Waals surface area (Å²) in [5, 5.41) is 1.60. The van der Waals surface area contributed by atoms with Gasteiger partial charge in [0.15, 0.2) is 5.16 Å². The number of aromatic nitrogens is 2. The van der Waals surface area contributed by atoms with E-state index < -0.39 is 0 Å². The van der Waals surface area contributed by atoms with Crippen molar-refractivity contribution in [2.45, 2.75) is 37.7 Å². The van der Waals surface area contributed by atoms with Crippen LogP contribution < -0.4 is 5.56 Å². The van der Waals surface area contributed by atoms with E-state index in [-0.39, 0.29) is 5.56 Å². The van der Waals surface area contributed by atoms with Crippen LogP contribution in [0.1, 0.15) is 22.4 Å². The fourth-order valence-corrected chi connectivity index (χ4v) is 6.15. The van der Waals surface area contributed by atoms with Gasteiger partial charge in [0.2, 0.25) is 0 Å². The largest absolute Gasteiger partial charge is 0.379 e. The van der Waals surface area contributed by atoms with Gasteiger partial charge in [-0.15, -0.1) is 11.3 Å². The Morgan fingerprint density at radius 3 is 2.80 bits per heavy atom. The molecule has 1 fully saturated rings. The standard InChI is InChI=1S/C22H26BrN3O2S2/c1-15-16(2)30-20-19(15)21(27)26(8-4-7-25-9-11-28-12-10-25)22(24-20)29-14-17-5-3-6-18(23)13-17/h3,5-6,13H,4,7-12,14H2,1-2H3. The molecule has 0 bridgehead atoms. The average molecular weight is 509 g/mol. The molecule has 0 atom stereocenters. The first-order valence-electron chi connectivity index (χ1n) is 10.2. The molecule has 2 aromatic heterocycles. The highest BCUT2D eigenvalue weighted by atomic mass is 79.9. The second kappa shape index (κ2) is 9.96. The fraction of sp³-hybridized carbons (Fsp3) is 0.455.